The Balaban J connectivity index is 1.91. The molecule has 0 spiro atoms. The highest BCUT2D eigenvalue weighted by molar-refractivity contribution is 7.92. The van der Waals surface area contributed by atoms with Crippen molar-refractivity contribution in [3.05, 3.63) is 59.1 Å². The monoisotopic (exact) mass is 478 g/mol. The summed E-state index contributed by atoms with van der Waals surface area (Å²) in [6.45, 7) is 0.307. The second kappa shape index (κ2) is 10.7. The van der Waals surface area contributed by atoms with Crippen molar-refractivity contribution in [2.75, 3.05) is 30.3 Å². The van der Waals surface area contributed by atoms with Crippen LogP contribution in [0.2, 0.25) is 5.02 Å². The zero-order chi connectivity index (χ0) is 23.1. The lowest BCUT2D eigenvalue weighted by molar-refractivity contribution is -0.137. The van der Waals surface area contributed by atoms with Crippen molar-refractivity contribution in [1.82, 2.24) is 5.32 Å². The molecule has 0 fully saturated rings. The highest BCUT2D eigenvalue weighted by Crippen LogP contribution is 2.36. The van der Waals surface area contributed by atoms with Gasteiger partial charge < -0.3 is 10.1 Å². The van der Waals surface area contributed by atoms with Gasteiger partial charge in [0.1, 0.15) is 12.4 Å². The summed E-state index contributed by atoms with van der Waals surface area (Å²) in [5.74, 6) is 0.332. The van der Waals surface area contributed by atoms with Crippen molar-refractivity contribution in [1.29, 1.82) is 0 Å². The van der Waals surface area contributed by atoms with Gasteiger partial charge in [-0.2, -0.15) is 13.2 Å². The van der Waals surface area contributed by atoms with Gasteiger partial charge in [0.15, 0.2) is 0 Å². The number of para-hydroxylation sites is 1. The van der Waals surface area contributed by atoms with E-state index < -0.39 is 21.8 Å². The van der Waals surface area contributed by atoms with E-state index in [4.69, 9.17) is 16.3 Å². The number of ether oxygens (including phenoxy) is 1. The number of rotatable bonds is 10. The van der Waals surface area contributed by atoms with Crippen LogP contribution in [-0.4, -0.2) is 40.3 Å². The molecule has 1 amide bonds. The van der Waals surface area contributed by atoms with Crippen molar-refractivity contribution in [2.24, 2.45) is 0 Å². The number of benzene rings is 2. The topological polar surface area (TPSA) is 75.7 Å². The number of amides is 1. The van der Waals surface area contributed by atoms with Crippen molar-refractivity contribution in [3.63, 3.8) is 0 Å². The van der Waals surface area contributed by atoms with Gasteiger partial charge in [-0.05, 0) is 36.8 Å². The van der Waals surface area contributed by atoms with Gasteiger partial charge >= 0.3 is 6.18 Å². The summed E-state index contributed by atoms with van der Waals surface area (Å²) < 4.78 is 69.5. The van der Waals surface area contributed by atoms with Crippen LogP contribution >= 0.6 is 11.6 Å². The maximum atomic E-state index is 13.0. The van der Waals surface area contributed by atoms with Gasteiger partial charge in [-0.25, -0.2) is 8.42 Å². The molecule has 0 aliphatic heterocycles. The summed E-state index contributed by atoms with van der Waals surface area (Å²) in [6.07, 6.45) is -3.71. The number of hydrogen-bond acceptors (Lipinski definition) is 4. The summed E-state index contributed by atoms with van der Waals surface area (Å²) in [5, 5.41) is 2.50. The largest absolute Gasteiger partial charge is 0.492 e. The first-order chi connectivity index (χ1) is 14.5. The maximum absolute atomic E-state index is 13.0. The molecule has 0 unspecified atom stereocenters. The van der Waals surface area contributed by atoms with E-state index in [1.54, 1.807) is 12.1 Å². The van der Waals surface area contributed by atoms with Crippen LogP contribution in [0.4, 0.5) is 18.9 Å². The van der Waals surface area contributed by atoms with Crippen LogP contribution in [0.1, 0.15) is 18.4 Å². The first kappa shape index (κ1) is 24.8. The van der Waals surface area contributed by atoms with Crippen LogP contribution in [0.3, 0.4) is 0 Å². The molecule has 0 saturated carbocycles. The molecule has 6 nitrogen and oxygen atoms in total. The number of alkyl halides is 3. The average Bonchev–Trinajstić information content (AvgIpc) is 2.68. The highest BCUT2D eigenvalue weighted by atomic mass is 35.5. The zero-order valence-corrected chi connectivity index (χ0v) is 18.2. The van der Waals surface area contributed by atoms with Crippen molar-refractivity contribution in [3.8, 4) is 5.75 Å². The van der Waals surface area contributed by atoms with Gasteiger partial charge in [-0.1, -0.05) is 29.8 Å². The third-order valence-corrected chi connectivity index (χ3v) is 5.64. The third kappa shape index (κ3) is 7.95. The molecule has 2 aromatic carbocycles. The number of anilines is 1. The SMILES string of the molecule is CS(=O)(=O)N(CCCC(=O)NCCOc1ccccc1)c1cc(C(F)(F)F)ccc1Cl. The molecule has 1 N–H and O–H groups in total. The Morgan fingerprint density at radius 1 is 1.16 bits per heavy atom. The van der Waals surface area contributed by atoms with Crippen LogP contribution in [0.15, 0.2) is 48.5 Å². The number of carbonyl (C=O) groups is 1. The number of sulfonamides is 1. The van der Waals surface area contributed by atoms with E-state index in [1.807, 2.05) is 18.2 Å². The van der Waals surface area contributed by atoms with Gasteiger partial charge in [-0.15, -0.1) is 0 Å². The van der Waals surface area contributed by atoms with Crippen molar-refractivity contribution in [2.45, 2.75) is 19.0 Å². The van der Waals surface area contributed by atoms with Crippen LogP contribution in [0.5, 0.6) is 5.75 Å². The minimum atomic E-state index is -4.65. The van der Waals surface area contributed by atoms with Crippen LogP contribution in [0, 0.1) is 0 Å². The molecule has 0 bridgehead atoms. The maximum Gasteiger partial charge on any atom is 0.416 e. The molecule has 2 rings (SSSR count). The van der Waals surface area contributed by atoms with Crippen molar-refractivity contribution >= 4 is 33.2 Å². The number of carbonyl (C=O) groups excluding carboxylic acids is 1. The first-order valence-corrected chi connectivity index (χ1v) is 11.5. The molecule has 0 aliphatic carbocycles. The summed E-state index contributed by atoms with van der Waals surface area (Å²) in [5.41, 5.74) is -1.30. The fourth-order valence-corrected chi connectivity index (χ4v) is 3.93. The summed E-state index contributed by atoms with van der Waals surface area (Å²) >= 11 is 5.96. The number of nitrogens with zero attached hydrogens (tertiary/aromatic N) is 1. The van der Waals surface area contributed by atoms with E-state index in [0.717, 1.165) is 22.7 Å². The van der Waals surface area contributed by atoms with E-state index in [2.05, 4.69) is 5.32 Å². The van der Waals surface area contributed by atoms with Crippen molar-refractivity contribution < 1.29 is 31.1 Å². The van der Waals surface area contributed by atoms with E-state index in [9.17, 15) is 26.4 Å². The number of nitrogens with one attached hydrogen (secondary N) is 1. The predicted octanol–water partition coefficient (Wildman–Crippen LogP) is 4.10. The van der Waals surface area contributed by atoms with E-state index >= 15 is 0 Å². The lowest BCUT2D eigenvalue weighted by atomic mass is 10.2. The van der Waals surface area contributed by atoms with Crippen LogP contribution in [-0.2, 0) is 21.0 Å². The minimum Gasteiger partial charge on any atom is -0.492 e. The first-order valence-electron chi connectivity index (χ1n) is 9.27. The van der Waals surface area contributed by atoms with Gasteiger partial charge in [0, 0.05) is 13.0 Å². The van der Waals surface area contributed by atoms with E-state index in [0.29, 0.717) is 11.8 Å². The average molecular weight is 479 g/mol. The molecule has 2 aromatic rings. The molecule has 0 heterocycles. The second-order valence-corrected chi connectivity index (χ2v) is 8.93. The Kier molecular flexibility index (Phi) is 8.58. The fraction of sp³-hybridized carbons (Fsp3) is 0.350. The molecule has 0 radical (unpaired) electrons. The van der Waals surface area contributed by atoms with E-state index in [-0.39, 0.29) is 49.2 Å². The Labute approximate surface area is 184 Å². The lowest BCUT2D eigenvalue weighted by Crippen LogP contribution is -2.33. The molecular formula is C20H22ClF3N2O4S. The number of halogens is 4. The summed E-state index contributed by atoms with van der Waals surface area (Å²) in [4.78, 5) is 12.0. The highest BCUT2D eigenvalue weighted by Gasteiger charge is 2.32. The number of hydrogen-bond donors (Lipinski definition) is 1. The Hall–Kier alpha value is -2.46. The van der Waals surface area contributed by atoms with E-state index in [1.165, 1.54) is 0 Å². The van der Waals surface area contributed by atoms with Crippen LogP contribution in [0.25, 0.3) is 0 Å². The molecule has 11 heteroatoms. The lowest BCUT2D eigenvalue weighted by Gasteiger charge is -2.24. The quantitative estimate of drug-likeness (QED) is 0.522. The second-order valence-electron chi connectivity index (χ2n) is 6.61. The Morgan fingerprint density at radius 3 is 2.45 bits per heavy atom. The molecule has 170 valence electrons. The summed E-state index contributed by atoms with van der Waals surface area (Å²) in [7, 11) is -3.92. The Morgan fingerprint density at radius 2 is 1.84 bits per heavy atom. The molecule has 0 aromatic heterocycles. The smallest absolute Gasteiger partial charge is 0.416 e. The van der Waals surface area contributed by atoms with Gasteiger partial charge in [-0.3, -0.25) is 9.10 Å². The molecule has 0 saturated heterocycles. The molecule has 0 aliphatic rings. The molecular weight excluding hydrogens is 457 g/mol. The minimum absolute atomic E-state index is 0.0199. The van der Waals surface area contributed by atoms with Gasteiger partial charge in [0.05, 0.1) is 29.1 Å². The molecule has 0 atom stereocenters. The summed E-state index contributed by atoms with van der Waals surface area (Å²) in [6, 6.07) is 11.5. The van der Waals surface area contributed by atoms with Gasteiger partial charge in [0.2, 0.25) is 15.9 Å². The molecule has 31 heavy (non-hydrogen) atoms. The predicted molar refractivity (Wildman–Crippen MR) is 113 cm³/mol. The van der Waals surface area contributed by atoms with Crippen LogP contribution < -0.4 is 14.4 Å². The third-order valence-electron chi connectivity index (χ3n) is 4.14. The zero-order valence-electron chi connectivity index (χ0n) is 16.7. The van der Waals surface area contributed by atoms with Gasteiger partial charge in [0.25, 0.3) is 0 Å². The Bertz CT molecular complexity index is 986. The normalized spacial score (nSPS) is 11.8. The standard InChI is InChI=1S/C20H22ClF3N2O4S/c1-31(28,29)26(18-14-15(20(22,23)24)9-10-17(18)21)12-5-8-19(27)25-11-13-30-16-6-3-2-4-7-16/h2-4,6-7,9-10,14H,5,8,11-13H2,1H3,(H,25,27). The fourth-order valence-electron chi connectivity index (χ4n) is 2.69.